The van der Waals surface area contributed by atoms with Gasteiger partial charge < -0.3 is 4.74 Å². The van der Waals surface area contributed by atoms with E-state index in [-0.39, 0.29) is 17.3 Å². The minimum absolute atomic E-state index is 0.0360. The van der Waals surface area contributed by atoms with Gasteiger partial charge in [-0.25, -0.2) is 9.79 Å². The second-order valence-electron chi connectivity index (χ2n) is 5.44. The molecule has 124 valence electrons. The summed E-state index contributed by atoms with van der Waals surface area (Å²) in [5.41, 5.74) is 2.53. The molecule has 3 rings (SSSR count). The molecule has 25 heavy (non-hydrogen) atoms. The molecule has 1 heterocycles. The van der Waals surface area contributed by atoms with E-state index < -0.39 is 10.9 Å². The Balaban J connectivity index is 1.84. The molecule has 0 fully saturated rings. The van der Waals surface area contributed by atoms with Gasteiger partial charge in [-0.2, -0.15) is 0 Å². The van der Waals surface area contributed by atoms with Crippen LogP contribution < -0.4 is 0 Å². The fourth-order valence-electron chi connectivity index (χ4n) is 2.33. The summed E-state index contributed by atoms with van der Waals surface area (Å²) in [6.45, 7) is 1.87. The Morgan fingerprint density at radius 1 is 1.12 bits per heavy atom. The Morgan fingerprint density at radius 2 is 1.80 bits per heavy atom. The number of cyclic esters (lactones) is 1. The summed E-state index contributed by atoms with van der Waals surface area (Å²) >= 11 is 0. The van der Waals surface area contributed by atoms with Crippen LogP contribution in [0.1, 0.15) is 18.1 Å². The first-order chi connectivity index (χ1) is 12.0. The van der Waals surface area contributed by atoms with Crippen molar-refractivity contribution < 1.29 is 14.5 Å². The fraction of sp³-hybridized carbons (Fsp3) is 0.0526. The Labute approximate surface area is 143 Å². The SMILES string of the molecule is CC(=C/c1ccccc1)/C=C1/N=C(c2ccc([N+](=O)[O-])cc2)OC1=O. The highest BCUT2D eigenvalue weighted by atomic mass is 16.6. The average Bonchev–Trinajstić information content (AvgIpc) is 2.96. The summed E-state index contributed by atoms with van der Waals surface area (Å²) in [6.07, 6.45) is 3.58. The van der Waals surface area contributed by atoms with E-state index in [4.69, 9.17) is 4.74 Å². The number of ether oxygens (including phenoxy) is 1. The molecular formula is C19H14N2O4. The lowest BCUT2D eigenvalue weighted by Gasteiger charge is -1.98. The van der Waals surface area contributed by atoms with Gasteiger partial charge >= 0.3 is 5.97 Å². The van der Waals surface area contributed by atoms with Crippen LogP contribution in [0.4, 0.5) is 5.69 Å². The van der Waals surface area contributed by atoms with Gasteiger partial charge in [0.1, 0.15) is 0 Å². The molecule has 0 unspecified atom stereocenters. The zero-order chi connectivity index (χ0) is 17.8. The summed E-state index contributed by atoms with van der Waals surface area (Å²) < 4.78 is 5.16. The van der Waals surface area contributed by atoms with Crippen LogP contribution in [0.5, 0.6) is 0 Å². The Hall–Kier alpha value is -3.54. The van der Waals surface area contributed by atoms with Gasteiger partial charge in [0.25, 0.3) is 5.69 Å². The number of carbonyl (C=O) groups is 1. The van der Waals surface area contributed by atoms with Gasteiger partial charge in [0.2, 0.25) is 5.90 Å². The molecule has 6 heteroatoms. The highest BCUT2D eigenvalue weighted by Crippen LogP contribution is 2.20. The number of allylic oxidation sites excluding steroid dienone is 2. The maximum Gasteiger partial charge on any atom is 0.363 e. The van der Waals surface area contributed by atoms with Crippen molar-refractivity contribution in [3.63, 3.8) is 0 Å². The number of esters is 1. The molecule has 0 bridgehead atoms. The summed E-state index contributed by atoms with van der Waals surface area (Å²) in [7, 11) is 0. The van der Waals surface area contributed by atoms with Crippen molar-refractivity contribution in [3.8, 4) is 0 Å². The maximum atomic E-state index is 12.0. The molecule has 0 spiro atoms. The van der Waals surface area contributed by atoms with Crippen LogP contribution in [0.3, 0.4) is 0 Å². The van der Waals surface area contributed by atoms with E-state index in [2.05, 4.69) is 4.99 Å². The first kappa shape index (κ1) is 16.3. The number of non-ortho nitro benzene ring substituents is 1. The molecule has 1 aliphatic rings. The number of nitrogens with zero attached hydrogens (tertiary/aromatic N) is 2. The molecule has 0 atom stereocenters. The average molecular weight is 334 g/mol. The van der Waals surface area contributed by atoms with Crippen molar-refractivity contribution >= 4 is 23.6 Å². The quantitative estimate of drug-likeness (QED) is 0.368. The van der Waals surface area contributed by atoms with E-state index in [1.165, 1.54) is 24.3 Å². The lowest BCUT2D eigenvalue weighted by molar-refractivity contribution is -0.384. The normalized spacial score (nSPS) is 15.9. The molecule has 0 amide bonds. The summed E-state index contributed by atoms with van der Waals surface area (Å²) in [6, 6.07) is 15.4. The van der Waals surface area contributed by atoms with E-state index in [0.717, 1.165) is 11.1 Å². The highest BCUT2D eigenvalue weighted by Gasteiger charge is 2.24. The second-order valence-corrected chi connectivity index (χ2v) is 5.44. The number of nitro benzene ring substituents is 1. The predicted molar refractivity (Wildman–Crippen MR) is 93.9 cm³/mol. The Morgan fingerprint density at radius 3 is 2.44 bits per heavy atom. The third-order valence-corrected chi connectivity index (χ3v) is 3.50. The molecule has 2 aromatic carbocycles. The molecule has 1 aliphatic heterocycles. The van der Waals surface area contributed by atoms with Crippen LogP contribution in [-0.2, 0) is 9.53 Å². The van der Waals surface area contributed by atoms with E-state index in [0.29, 0.717) is 5.56 Å². The van der Waals surface area contributed by atoms with Gasteiger partial charge in [0, 0.05) is 17.7 Å². The third kappa shape index (κ3) is 3.87. The summed E-state index contributed by atoms with van der Waals surface area (Å²) in [4.78, 5) is 26.4. The number of hydrogen-bond donors (Lipinski definition) is 0. The molecule has 0 aliphatic carbocycles. The number of aliphatic imine (C=N–C) groups is 1. The van der Waals surface area contributed by atoms with Crippen LogP contribution in [0.25, 0.3) is 6.08 Å². The van der Waals surface area contributed by atoms with Crippen molar-refractivity contribution in [1.82, 2.24) is 0 Å². The van der Waals surface area contributed by atoms with Gasteiger partial charge in [-0.3, -0.25) is 10.1 Å². The molecule has 0 saturated carbocycles. The van der Waals surface area contributed by atoms with Crippen molar-refractivity contribution in [3.05, 3.63) is 93.2 Å². The predicted octanol–water partition coefficient (Wildman–Crippen LogP) is 3.89. The molecule has 0 saturated heterocycles. The van der Waals surface area contributed by atoms with E-state index in [1.807, 2.05) is 43.3 Å². The number of nitro groups is 1. The smallest absolute Gasteiger partial charge is 0.363 e. The second kappa shape index (κ2) is 6.92. The van der Waals surface area contributed by atoms with Gasteiger partial charge in [0.05, 0.1) is 4.92 Å². The van der Waals surface area contributed by atoms with E-state index in [1.54, 1.807) is 6.08 Å². The fourth-order valence-corrected chi connectivity index (χ4v) is 2.33. The van der Waals surface area contributed by atoms with Crippen LogP contribution >= 0.6 is 0 Å². The summed E-state index contributed by atoms with van der Waals surface area (Å²) in [5, 5.41) is 10.7. The minimum Gasteiger partial charge on any atom is -0.402 e. The molecular weight excluding hydrogens is 320 g/mol. The Bertz CT molecular complexity index is 910. The van der Waals surface area contributed by atoms with Crippen LogP contribution in [0, 0.1) is 10.1 Å². The minimum atomic E-state index is -0.547. The van der Waals surface area contributed by atoms with Crippen LogP contribution in [0.15, 0.2) is 76.9 Å². The largest absolute Gasteiger partial charge is 0.402 e. The molecule has 0 N–H and O–H groups in total. The first-order valence-electron chi connectivity index (χ1n) is 7.54. The monoisotopic (exact) mass is 334 g/mol. The lowest BCUT2D eigenvalue weighted by Crippen LogP contribution is -2.05. The number of hydrogen-bond acceptors (Lipinski definition) is 5. The van der Waals surface area contributed by atoms with Crippen LogP contribution in [-0.4, -0.2) is 16.8 Å². The maximum absolute atomic E-state index is 12.0. The van der Waals surface area contributed by atoms with Gasteiger partial charge in [-0.1, -0.05) is 36.4 Å². The van der Waals surface area contributed by atoms with Crippen molar-refractivity contribution in [1.29, 1.82) is 0 Å². The zero-order valence-corrected chi connectivity index (χ0v) is 13.4. The molecule has 0 aromatic heterocycles. The highest BCUT2D eigenvalue weighted by molar-refractivity contribution is 6.11. The topological polar surface area (TPSA) is 81.8 Å². The van der Waals surface area contributed by atoms with E-state index >= 15 is 0 Å². The molecule has 6 nitrogen and oxygen atoms in total. The van der Waals surface area contributed by atoms with Crippen molar-refractivity contribution in [2.24, 2.45) is 4.99 Å². The van der Waals surface area contributed by atoms with Gasteiger partial charge in [-0.15, -0.1) is 0 Å². The molecule has 2 aromatic rings. The van der Waals surface area contributed by atoms with Gasteiger partial charge in [0.15, 0.2) is 5.70 Å². The van der Waals surface area contributed by atoms with Crippen LogP contribution in [0.2, 0.25) is 0 Å². The lowest BCUT2D eigenvalue weighted by atomic mass is 10.1. The standard InChI is InChI=1S/C19H14N2O4/c1-13(11-14-5-3-2-4-6-14)12-17-19(22)25-18(20-17)15-7-9-16(10-8-15)21(23)24/h2-12H,1H3/b13-11-,17-12+. The van der Waals surface area contributed by atoms with E-state index in [9.17, 15) is 14.9 Å². The number of rotatable bonds is 4. The summed E-state index contributed by atoms with van der Waals surface area (Å²) in [5.74, 6) is -0.409. The van der Waals surface area contributed by atoms with Crippen molar-refractivity contribution in [2.45, 2.75) is 6.92 Å². The molecule has 0 radical (unpaired) electrons. The number of carbonyl (C=O) groups excluding carboxylic acids is 1. The Kier molecular flexibility index (Phi) is 4.52. The number of benzene rings is 2. The first-order valence-corrected chi connectivity index (χ1v) is 7.54. The van der Waals surface area contributed by atoms with Gasteiger partial charge in [-0.05, 0) is 36.3 Å². The van der Waals surface area contributed by atoms with Crippen molar-refractivity contribution in [2.75, 3.05) is 0 Å². The third-order valence-electron chi connectivity index (χ3n) is 3.50. The zero-order valence-electron chi connectivity index (χ0n) is 13.4.